The SMILES string of the molecule is Cn1ccnc1C(N)Cn1ccnc1. The zero-order valence-electron chi connectivity index (χ0n) is 8.04. The van der Waals surface area contributed by atoms with Crippen molar-refractivity contribution in [3.05, 3.63) is 36.9 Å². The fourth-order valence-corrected chi connectivity index (χ4v) is 1.44. The third-order valence-corrected chi connectivity index (χ3v) is 2.16. The van der Waals surface area contributed by atoms with Gasteiger partial charge in [-0.05, 0) is 0 Å². The van der Waals surface area contributed by atoms with Crippen molar-refractivity contribution in [2.75, 3.05) is 0 Å². The molecule has 0 fully saturated rings. The first-order chi connectivity index (χ1) is 6.77. The summed E-state index contributed by atoms with van der Waals surface area (Å²) < 4.78 is 3.88. The maximum atomic E-state index is 6.00. The standard InChI is InChI=1S/C9H13N5/c1-13-4-3-12-9(13)8(10)6-14-5-2-11-7-14/h2-5,7-8H,6,10H2,1H3. The molecule has 74 valence electrons. The van der Waals surface area contributed by atoms with E-state index in [4.69, 9.17) is 5.73 Å². The third-order valence-electron chi connectivity index (χ3n) is 2.16. The second kappa shape index (κ2) is 3.63. The van der Waals surface area contributed by atoms with Crippen molar-refractivity contribution in [2.45, 2.75) is 12.6 Å². The molecule has 2 aromatic heterocycles. The molecular weight excluding hydrogens is 178 g/mol. The van der Waals surface area contributed by atoms with Crippen LogP contribution in [0.2, 0.25) is 0 Å². The summed E-state index contributed by atoms with van der Waals surface area (Å²) in [6.07, 6.45) is 9.03. The van der Waals surface area contributed by atoms with Crippen molar-refractivity contribution in [1.29, 1.82) is 0 Å². The van der Waals surface area contributed by atoms with Gasteiger partial charge in [-0.25, -0.2) is 9.97 Å². The molecule has 14 heavy (non-hydrogen) atoms. The lowest BCUT2D eigenvalue weighted by atomic mass is 10.3. The van der Waals surface area contributed by atoms with E-state index >= 15 is 0 Å². The molecule has 0 saturated carbocycles. The topological polar surface area (TPSA) is 61.7 Å². The lowest BCUT2D eigenvalue weighted by Crippen LogP contribution is -2.20. The predicted octanol–water partition coefficient (Wildman–Crippen LogP) is 0.317. The Balaban J connectivity index is 2.10. The number of imidazole rings is 2. The Kier molecular flexibility index (Phi) is 2.32. The second-order valence-corrected chi connectivity index (χ2v) is 3.26. The lowest BCUT2D eigenvalue weighted by Gasteiger charge is -2.11. The largest absolute Gasteiger partial charge is 0.337 e. The molecule has 0 aliphatic heterocycles. The minimum absolute atomic E-state index is 0.0933. The van der Waals surface area contributed by atoms with Gasteiger partial charge in [0.1, 0.15) is 5.82 Å². The summed E-state index contributed by atoms with van der Waals surface area (Å²) in [5, 5.41) is 0. The highest BCUT2D eigenvalue weighted by atomic mass is 15.1. The van der Waals surface area contributed by atoms with Gasteiger partial charge in [0.2, 0.25) is 0 Å². The number of nitrogens with zero attached hydrogens (tertiary/aromatic N) is 4. The first-order valence-corrected chi connectivity index (χ1v) is 4.46. The zero-order valence-corrected chi connectivity index (χ0v) is 8.04. The number of aromatic nitrogens is 4. The molecule has 0 spiro atoms. The summed E-state index contributed by atoms with van der Waals surface area (Å²) >= 11 is 0. The van der Waals surface area contributed by atoms with Crippen molar-refractivity contribution < 1.29 is 0 Å². The first kappa shape index (κ1) is 8.96. The van der Waals surface area contributed by atoms with Crippen LogP contribution < -0.4 is 5.73 Å². The van der Waals surface area contributed by atoms with E-state index in [1.165, 1.54) is 0 Å². The van der Waals surface area contributed by atoms with Crippen LogP contribution in [-0.4, -0.2) is 19.1 Å². The Morgan fingerprint density at radius 3 is 2.86 bits per heavy atom. The Bertz CT molecular complexity index is 389. The van der Waals surface area contributed by atoms with Gasteiger partial charge in [-0.3, -0.25) is 0 Å². The quantitative estimate of drug-likeness (QED) is 0.759. The van der Waals surface area contributed by atoms with Crippen molar-refractivity contribution in [1.82, 2.24) is 19.1 Å². The predicted molar refractivity (Wildman–Crippen MR) is 52.4 cm³/mol. The number of nitrogens with two attached hydrogens (primary N) is 1. The molecule has 2 aromatic rings. The van der Waals surface area contributed by atoms with E-state index < -0.39 is 0 Å². The molecule has 0 radical (unpaired) electrons. The molecule has 0 aliphatic rings. The average Bonchev–Trinajstić information content (AvgIpc) is 2.75. The molecule has 0 bridgehead atoms. The van der Waals surface area contributed by atoms with Gasteiger partial charge in [0.05, 0.1) is 12.4 Å². The minimum Gasteiger partial charge on any atom is -0.337 e. The highest BCUT2D eigenvalue weighted by Gasteiger charge is 2.10. The van der Waals surface area contributed by atoms with Crippen molar-refractivity contribution in [2.24, 2.45) is 12.8 Å². The van der Waals surface area contributed by atoms with Crippen molar-refractivity contribution in [3.8, 4) is 0 Å². The Morgan fingerprint density at radius 1 is 1.43 bits per heavy atom. The van der Waals surface area contributed by atoms with Gasteiger partial charge in [-0.2, -0.15) is 0 Å². The third kappa shape index (κ3) is 1.67. The van der Waals surface area contributed by atoms with Crippen LogP contribution in [0.15, 0.2) is 31.1 Å². The summed E-state index contributed by atoms with van der Waals surface area (Å²) in [4.78, 5) is 8.16. The average molecular weight is 191 g/mol. The van der Waals surface area contributed by atoms with Gasteiger partial charge < -0.3 is 14.9 Å². The first-order valence-electron chi connectivity index (χ1n) is 4.46. The number of hydrogen-bond acceptors (Lipinski definition) is 3. The highest BCUT2D eigenvalue weighted by Crippen LogP contribution is 2.08. The summed E-state index contributed by atoms with van der Waals surface area (Å²) in [6, 6.07) is -0.0933. The molecular formula is C9H13N5. The number of hydrogen-bond donors (Lipinski definition) is 1. The van der Waals surface area contributed by atoms with Gasteiger partial charge in [0, 0.05) is 38.4 Å². The van der Waals surface area contributed by atoms with Crippen LogP contribution in [-0.2, 0) is 13.6 Å². The van der Waals surface area contributed by atoms with Gasteiger partial charge in [0.25, 0.3) is 0 Å². The molecule has 0 aromatic carbocycles. The zero-order chi connectivity index (χ0) is 9.97. The summed E-state index contributed by atoms with van der Waals surface area (Å²) in [7, 11) is 1.94. The van der Waals surface area contributed by atoms with Gasteiger partial charge in [0.15, 0.2) is 0 Å². The molecule has 0 amide bonds. The normalized spacial score (nSPS) is 13.0. The van der Waals surface area contributed by atoms with Crippen LogP contribution in [0.5, 0.6) is 0 Å². The monoisotopic (exact) mass is 191 g/mol. The van der Waals surface area contributed by atoms with Crippen LogP contribution in [0.4, 0.5) is 0 Å². The summed E-state index contributed by atoms with van der Waals surface area (Å²) in [5.74, 6) is 0.888. The van der Waals surface area contributed by atoms with E-state index in [0.717, 1.165) is 5.82 Å². The Morgan fingerprint density at radius 2 is 2.29 bits per heavy atom. The maximum Gasteiger partial charge on any atom is 0.127 e. The fourth-order valence-electron chi connectivity index (χ4n) is 1.44. The van der Waals surface area contributed by atoms with Crippen molar-refractivity contribution in [3.63, 3.8) is 0 Å². The Labute approximate surface area is 82.2 Å². The van der Waals surface area contributed by atoms with Crippen LogP contribution in [0.25, 0.3) is 0 Å². The van der Waals surface area contributed by atoms with Crippen LogP contribution in [0, 0.1) is 0 Å². The molecule has 2 N–H and O–H groups in total. The molecule has 0 aliphatic carbocycles. The molecule has 5 nitrogen and oxygen atoms in total. The van der Waals surface area contributed by atoms with Crippen molar-refractivity contribution >= 4 is 0 Å². The van der Waals surface area contributed by atoms with E-state index in [1.54, 1.807) is 18.7 Å². The number of aryl methyl sites for hydroxylation is 1. The van der Waals surface area contributed by atoms with Crippen LogP contribution in [0.1, 0.15) is 11.9 Å². The summed E-state index contributed by atoms with van der Waals surface area (Å²) in [5.41, 5.74) is 6.00. The molecule has 2 heterocycles. The van der Waals surface area contributed by atoms with E-state index in [-0.39, 0.29) is 6.04 Å². The number of rotatable bonds is 3. The summed E-state index contributed by atoms with van der Waals surface area (Å²) in [6.45, 7) is 0.699. The highest BCUT2D eigenvalue weighted by molar-refractivity contribution is 4.97. The van der Waals surface area contributed by atoms with E-state index in [9.17, 15) is 0 Å². The van der Waals surface area contributed by atoms with Gasteiger partial charge >= 0.3 is 0 Å². The van der Waals surface area contributed by atoms with Crippen LogP contribution >= 0.6 is 0 Å². The maximum absolute atomic E-state index is 6.00. The second-order valence-electron chi connectivity index (χ2n) is 3.26. The molecule has 5 heteroatoms. The van der Waals surface area contributed by atoms with Gasteiger partial charge in [-0.15, -0.1) is 0 Å². The van der Waals surface area contributed by atoms with E-state index in [1.807, 2.05) is 28.6 Å². The lowest BCUT2D eigenvalue weighted by molar-refractivity contribution is 0.534. The fraction of sp³-hybridized carbons (Fsp3) is 0.333. The molecule has 1 atom stereocenters. The minimum atomic E-state index is -0.0933. The molecule has 1 unspecified atom stereocenters. The van der Waals surface area contributed by atoms with E-state index in [0.29, 0.717) is 6.54 Å². The van der Waals surface area contributed by atoms with Crippen LogP contribution in [0.3, 0.4) is 0 Å². The van der Waals surface area contributed by atoms with Gasteiger partial charge in [-0.1, -0.05) is 0 Å². The van der Waals surface area contributed by atoms with E-state index in [2.05, 4.69) is 9.97 Å². The Hall–Kier alpha value is -1.62. The molecule has 2 rings (SSSR count). The smallest absolute Gasteiger partial charge is 0.127 e. The molecule has 0 saturated heterocycles.